The third-order valence-electron chi connectivity index (χ3n) is 0. The van der Waals surface area contributed by atoms with Crippen molar-refractivity contribution in [1.82, 2.24) is 0 Å². The predicted molar refractivity (Wildman–Crippen MR) is 52.9 cm³/mol. The molecule has 0 fully saturated rings. The van der Waals surface area contributed by atoms with Gasteiger partial charge in [0.2, 0.25) is 0 Å². The van der Waals surface area contributed by atoms with Gasteiger partial charge in [-0.15, -0.1) is 12.4 Å². The first kappa shape index (κ1) is 29.6. The Hall–Kier alpha value is 1.04. The standard InChI is InChI=1S/3C2H6N.ClH.Hf/c3*1-3-2;;/h3*1-2H3;1H;/q3*-1;;. The zero-order chi connectivity index (χ0) is 8.12. The first-order valence-electron chi connectivity index (χ1n) is 2.68. The topological polar surface area (TPSA) is 42.3 Å². The summed E-state index contributed by atoms with van der Waals surface area (Å²) in [5.74, 6) is 0. The maximum absolute atomic E-state index is 3.50. The Morgan fingerprint density at radius 1 is 0.545 bits per heavy atom. The first-order valence-corrected chi connectivity index (χ1v) is 2.68. The fourth-order valence-corrected chi connectivity index (χ4v) is 0. The van der Waals surface area contributed by atoms with Gasteiger partial charge in [0.05, 0.1) is 0 Å². The van der Waals surface area contributed by atoms with E-state index < -0.39 is 0 Å². The summed E-state index contributed by atoms with van der Waals surface area (Å²) < 4.78 is 0. The Labute approximate surface area is 96.3 Å². The van der Waals surface area contributed by atoms with Gasteiger partial charge in [-0.2, -0.15) is 42.3 Å². The summed E-state index contributed by atoms with van der Waals surface area (Å²) in [6.07, 6.45) is 0. The molecular weight excluding hydrogens is 328 g/mol. The Morgan fingerprint density at radius 3 is 0.545 bits per heavy atom. The summed E-state index contributed by atoms with van der Waals surface area (Å²) in [5.41, 5.74) is 0. The molecular formula is C6H19ClHfN3-3. The molecule has 0 radical (unpaired) electrons. The summed E-state index contributed by atoms with van der Waals surface area (Å²) in [7, 11) is 10.5. The van der Waals surface area contributed by atoms with Crippen LogP contribution in [-0.4, -0.2) is 42.3 Å². The van der Waals surface area contributed by atoms with Gasteiger partial charge in [0.15, 0.2) is 0 Å². The molecule has 0 aromatic rings. The van der Waals surface area contributed by atoms with Gasteiger partial charge in [-0.1, -0.05) is 0 Å². The molecule has 0 aromatic carbocycles. The van der Waals surface area contributed by atoms with Crippen LogP contribution in [-0.2, 0) is 25.8 Å². The molecule has 11 heavy (non-hydrogen) atoms. The molecule has 0 amide bonds. The summed E-state index contributed by atoms with van der Waals surface area (Å²) in [5, 5.41) is 10.5. The Bertz CT molecular complexity index is 22.5. The zero-order valence-electron chi connectivity index (χ0n) is 8.25. The number of nitrogens with zero attached hydrogens (tertiary/aromatic N) is 3. The van der Waals surface area contributed by atoms with Gasteiger partial charge >= 0.3 is 0 Å². The molecule has 0 bridgehead atoms. The van der Waals surface area contributed by atoms with Gasteiger partial charge in [0.1, 0.15) is 0 Å². The number of rotatable bonds is 0. The van der Waals surface area contributed by atoms with E-state index in [1.807, 2.05) is 0 Å². The smallest absolute Gasteiger partial charge is 0 e. The van der Waals surface area contributed by atoms with Crippen LogP contribution in [0.4, 0.5) is 0 Å². The first-order chi connectivity index (χ1) is 4.24. The molecule has 0 N–H and O–H groups in total. The number of halogens is 1. The van der Waals surface area contributed by atoms with Crippen molar-refractivity contribution < 1.29 is 25.8 Å². The van der Waals surface area contributed by atoms with Crippen LogP contribution in [0.2, 0.25) is 0 Å². The summed E-state index contributed by atoms with van der Waals surface area (Å²) in [6, 6.07) is 0. The molecule has 0 saturated carbocycles. The van der Waals surface area contributed by atoms with Crippen molar-refractivity contribution in [3.8, 4) is 0 Å². The van der Waals surface area contributed by atoms with E-state index in [1.54, 1.807) is 42.3 Å². The minimum Gasteiger partial charge on any atom is -0.668 e. The van der Waals surface area contributed by atoms with E-state index in [1.165, 1.54) is 0 Å². The molecule has 0 aliphatic heterocycles. The van der Waals surface area contributed by atoms with Gasteiger partial charge in [0.25, 0.3) is 0 Å². The summed E-state index contributed by atoms with van der Waals surface area (Å²) >= 11 is 0. The maximum Gasteiger partial charge on any atom is 0 e. The van der Waals surface area contributed by atoms with Crippen LogP contribution in [0.15, 0.2) is 0 Å². The van der Waals surface area contributed by atoms with E-state index in [0.29, 0.717) is 0 Å². The molecule has 0 aliphatic rings. The predicted octanol–water partition coefficient (Wildman–Crippen LogP) is 2.28. The molecule has 3 nitrogen and oxygen atoms in total. The Morgan fingerprint density at radius 2 is 0.545 bits per heavy atom. The molecule has 5 heteroatoms. The minimum atomic E-state index is 0. The molecule has 0 atom stereocenters. The van der Waals surface area contributed by atoms with Crippen molar-refractivity contribution in [2.24, 2.45) is 0 Å². The van der Waals surface area contributed by atoms with Crippen molar-refractivity contribution >= 4 is 12.4 Å². The van der Waals surface area contributed by atoms with E-state index >= 15 is 0 Å². The second-order valence-corrected chi connectivity index (χ2v) is 1.34. The molecule has 0 rings (SSSR count). The van der Waals surface area contributed by atoms with Crippen molar-refractivity contribution in [3.05, 3.63) is 16.0 Å². The van der Waals surface area contributed by atoms with Gasteiger partial charge in [-0.25, -0.2) is 0 Å². The van der Waals surface area contributed by atoms with E-state index in [9.17, 15) is 0 Å². The van der Waals surface area contributed by atoms with Gasteiger partial charge < -0.3 is 16.0 Å². The second-order valence-electron chi connectivity index (χ2n) is 1.34. The van der Waals surface area contributed by atoms with Crippen molar-refractivity contribution in [1.29, 1.82) is 0 Å². The van der Waals surface area contributed by atoms with Gasteiger partial charge in [-0.05, 0) is 0 Å². The fourth-order valence-electron chi connectivity index (χ4n) is 0. The second kappa shape index (κ2) is 68.2. The summed E-state index contributed by atoms with van der Waals surface area (Å²) in [4.78, 5) is 0. The normalized spacial score (nSPS) is 4.91. The molecule has 0 heterocycles. The van der Waals surface area contributed by atoms with E-state index in [2.05, 4.69) is 16.0 Å². The van der Waals surface area contributed by atoms with Crippen LogP contribution in [0.1, 0.15) is 0 Å². The average Bonchev–Trinajstić information content (AvgIpc) is 1.70. The molecule has 0 unspecified atom stereocenters. The van der Waals surface area contributed by atoms with Crippen LogP contribution in [0.5, 0.6) is 0 Å². The fraction of sp³-hybridized carbons (Fsp3) is 1.00. The van der Waals surface area contributed by atoms with Gasteiger partial charge in [-0.3, -0.25) is 0 Å². The van der Waals surface area contributed by atoms with Crippen LogP contribution in [0.25, 0.3) is 16.0 Å². The number of hydrogen-bond acceptors (Lipinski definition) is 0. The van der Waals surface area contributed by atoms with Crippen LogP contribution in [0, 0.1) is 0 Å². The largest absolute Gasteiger partial charge is 0.668 e. The van der Waals surface area contributed by atoms with E-state index in [-0.39, 0.29) is 38.3 Å². The number of hydrogen-bond donors (Lipinski definition) is 0. The molecule has 0 saturated heterocycles. The zero-order valence-corrected chi connectivity index (χ0v) is 12.7. The third kappa shape index (κ3) is 834. The third-order valence-corrected chi connectivity index (χ3v) is 0. The SMILES string of the molecule is C[N-]C.C[N-]C.C[N-]C.Cl.[Hf]. The van der Waals surface area contributed by atoms with E-state index in [0.717, 1.165) is 0 Å². The molecule has 0 aromatic heterocycles. The van der Waals surface area contributed by atoms with E-state index in [4.69, 9.17) is 0 Å². The quantitative estimate of drug-likeness (QED) is 0.604. The molecule has 72 valence electrons. The van der Waals surface area contributed by atoms with Crippen molar-refractivity contribution in [2.75, 3.05) is 42.3 Å². The Kier molecular flexibility index (Phi) is 184. The van der Waals surface area contributed by atoms with Crippen LogP contribution >= 0.6 is 12.4 Å². The van der Waals surface area contributed by atoms with Gasteiger partial charge in [0, 0.05) is 25.8 Å². The maximum atomic E-state index is 3.50. The minimum absolute atomic E-state index is 0. The summed E-state index contributed by atoms with van der Waals surface area (Å²) in [6.45, 7) is 0. The average molecular weight is 347 g/mol. The van der Waals surface area contributed by atoms with Crippen LogP contribution in [0.3, 0.4) is 0 Å². The monoisotopic (exact) mass is 348 g/mol. The Balaban J connectivity index is -0.0000000150. The van der Waals surface area contributed by atoms with Crippen LogP contribution < -0.4 is 0 Å². The molecule has 0 aliphatic carbocycles. The molecule has 0 spiro atoms. The van der Waals surface area contributed by atoms with Crippen molar-refractivity contribution in [3.63, 3.8) is 0 Å². The van der Waals surface area contributed by atoms with Crippen molar-refractivity contribution in [2.45, 2.75) is 0 Å².